The SMILES string of the molecule is COc1c(C=Cc2ccc(NS(C)(=O)=O)cc2N(C(=O)O)C(C)(C)C)cc(-n2ccc(=O)[nH]c2=O)cc1C(C)(C)C. The van der Waals surface area contributed by atoms with Crippen LogP contribution in [0.15, 0.2) is 52.2 Å². The fraction of sp³-hybridized carbons (Fsp3) is 0.345. The Bertz CT molecular complexity index is 1720. The van der Waals surface area contributed by atoms with Crippen molar-refractivity contribution in [3.8, 4) is 11.4 Å². The molecule has 3 N–H and O–H groups in total. The van der Waals surface area contributed by atoms with Gasteiger partial charge in [-0.3, -0.25) is 24.0 Å². The first-order valence-electron chi connectivity index (χ1n) is 12.7. The summed E-state index contributed by atoms with van der Waals surface area (Å²) >= 11 is 0. The number of hydrogen-bond donors (Lipinski definition) is 3. The summed E-state index contributed by atoms with van der Waals surface area (Å²) in [5, 5.41) is 10.1. The zero-order valence-corrected chi connectivity index (χ0v) is 25.2. The second kappa shape index (κ2) is 11.3. The van der Waals surface area contributed by atoms with Crippen LogP contribution in [0.3, 0.4) is 0 Å². The van der Waals surface area contributed by atoms with Gasteiger partial charge < -0.3 is 9.84 Å². The molecular formula is C29H36N4O7S. The van der Waals surface area contributed by atoms with E-state index >= 15 is 0 Å². The Morgan fingerprint density at radius 3 is 2.17 bits per heavy atom. The number of benzene rings is 2. The number of sulfonamides is 1. The van der Waals surface area contributed by atoms with Crippen molar-refractivity contribution in [1.29, 1.82) is 0 Å². The third-order valence-corrected chi connectivity index (χ3v) is 6.70. The average Bonchev–Trinajstić information content (AvgIpc) is 2.80. The van der Waals surface area contributed by atoms with Crippen molar-refractivity contribution in [3.63, 3.8) is 0 Å². The van der Waals surface area contributed by atoms with Gasteiger partial charge in [0.2, 0.25) is 10.0 Å². The van der Waals surface area contributed by atoms with Crippen LogP contribution in [0.1, 0.15) is 58.2 Å². The van der Waals surface area contributed by atoms with E-state index in [-0.39, 0.29) is 11.4 Å². The molecule has 220 valence electrons. The van der Waals surface area contributed by atoms with E-state index in [2.05, 4.69) is 9.71 Å². The van der Waals surface area contributed by atoms with E-state index in [0.717, 1.165) is 16.7 Å². The van der Waals surface area contributed by atoms with Crippen LogP contribution in [-0.2, 0) is 15.4 Å². The molecule has 1 aromatic heterocycles. The lowest BCUT2D eigenvalue weighted by Crippen LogP contribution is -2.45. The van der Waals surface area contributed by atoms with Gasteiger partial charge >= 0.3 is 11.8 Å². The quantitative estimate of drug-likeness (QED) is 0.342. The highest BCUT2D eigenvalue weighted by atomic mass is 32.2. The average molecular weight is 585 g/mol. The number of carbonyl (C=O) groups is 1. The first-order valence-corrected chi connectivity index (χ1v) is 14.6. The van der Waals surface area contributed by atoms with Crippen LogP contribution >= 0.6 is 0 Å². The van der Waals surface area contributed by atoms with Crippen LogP contribution in [0.4, 0.5) is 16.2 Å². The Morgan fingerprint density at radius 2 is 1.66 bits per heavy atom. The maximum atomic E-state index is 12.6. The van der Waals surface area contributed by atoms with Gasteiger partial charge in [0.25, 0.3) is 5.56 Å². The van der Waals surface area contributed by atoms with E-state index < -0.39 is 38.3 Å². The Kier molecular flexibility index (Phi) is 8.59. The Balaban J connectivity index is 2.30. The van der Waals surface area contributed by atoms with E-state index in [4.69, 9.17) is 4.74 Å². The number of nitrogens with zero attached hydrogens (tertiary/aromatic N) is 2. The van der Waals surface area contributed by atoms with E-state index in [9.17, 15) is 27.9 Å². The third-order valence-electron chi connectivity index (χ3n) is 6.10. The second-order valence-electron chi connectivity index (χ2n) is 11.6. The Hall–Kier alpha value is -4.32. The van der Waals surface area contributed by atoms with Crippen molar-refractivity contribution in [1.82, 2.24) is 9.55 Å². The summed E-state index contributed by atoms with van der Waals surface area (Å²) in [6.07, 6.45) is 4.63. The molecule has 0 saturated heterocycles. The third kappa shape index (κ3) is 7.46. The number of aromatic nitrogens is 2. The number of methoxy groups -OCH3 is 1. The normalized spacial score (nSPS) is 12.4. The van der Waals surface area contributed by atoms with Gasteiger partial charge in [0.1, 0.15) is 5.75 Å². The summed E-state index contributed by atoms with van der Waals surface area (Å²) < 4.78 is 33.3. The number of amides is 1. The largest absolute Gasteiger partial charge is 0.496 e. The predicted molar refractivity (Wildman–Crippen MR) is 162 cm³/mol. The summed E-state index contributed by atoms with van der Waals surface area (Å²) in [6, 6.07) is 9.42. The van der Waals surface area contributed by atoms with E-state index in [0.29, 0.717) is 22.6 Å². The Labute approximate surface area is 239 Å². The molecule has 0 atom stereocenters. The molecule has 0 aliphatic heterocycles. The first-order chi connectivity index (χ1) is 18.8. The zero-order chi connectivity index (χ0) is 30.9. The molecule has 3 aromatic rings. The van der Waals surface area contributed by atoms with Crippen molar-refractivity contribution >= 4 is 39.6 Å². The first kappa shape index (κ1) is 31.2. The molecule has 3 rings (SSSR count). The lowest BCUT2D eigenvalue weighted by Gasteiger charge is -2.34. The van der Waals surface area contributed by atoms with Crippen LogP contribution in [0.5, 0.6) is 5.75 Å². The van der Waals surface area contributed by atoms with Gasteiger partial charge in [-0.25, -0.2) is 18.0 Å². The maximum absolute atomic E-state index is 12.6. The summed E-state index contributed by atoms with van der Waals surface area (Å²) in [4.78, 5) is 40.0. The Morgan fingerprint density at radius 1 is 1.02 bits per heavy atom. The minimum absolute atomic E-state index is 0.210. The highest BCUT2D eigenvalue weighted by Gasteiger charge is 2.30. The number of H-pyrrole nitrogens is 1. The number of hydrogen-bond acceptors (Lipinski definition) is 6. The lowest BCUT2D eigenvalue weighted by atomic mass is 9.84. The zero-order valence-electron chi connectivity index (χ0n) is 24.4. The number of carboxylic acid groups (broad SMARTS) is 1. The minimum atomic E-state index is -3.61. The maximum Gasteiger partial charge on any atom is 0.412 e. The summed E-state index contributed by atoms with van der Waals surface area (Å²) in [6.45, 7) is 11.2. The molecule has 0 unspecified atom stereocenters. The fourth-order valence-corrected chi connectivity index (χ4v) is 4.95. The van der Waals surface area contributed by atoms with Crippen molar-refractivity contribution < 1.29 is 23.1 Å². The standard InChI is InChI=1S/C29H36N4O7S/c1-28(2,3)22-17-21(32-14-13-24(34)30-26(32)35)15-19(25(22)40-7)10-9-18-11-12-20(31-41(8,38)39)16-23(18)33(27(36)37)29(4,5)6/h9-17,31H,1-8H3,(H,36,37)(H,30,34,35). The molecule has 1 amide bonds. The van der Waals surface area contributed by atoms with Crippen LogP contribution in [0.25, 0.3) is 17.8 Å². The number of aromatic amines is 1. The van der Waals surface area contributed by atoms with E-state index in [1.807, 2.05) is 26.8 Å². The molecule has 0 aliphatic rings. The van der Waals surface area contributed by atoms with Crippen LogP contribution < -0.4 is 25.6 Å². The molecule has 0 bridgehead atoms. The van der Waals surface area contributed by atoms with Gasteiger partial charge in [-0.05, 0) is 56.0 Å². The topological polar surface area (TPSA) is 151 Å². The van der Waals surface area contributed by atoms with Crippen molar-refractivity contribution in [2.24, 2.45) is 0 Å². The van der Waals surface area contributed by atoms with Gasteiger partial charge in [0.05, 0.1) is 30.4 Å². The van der Waals surface area contributed by atoms with E-state index in [1.165, 1.54) is 30.0 Å². The van der Waals surface area contributed by atoms with Crippen molar-refractivity contribution in [3.05, 3.63) is 80.1 Å². The molecular weight excluding hydrogens is 548 g/mol. The number of ether oxygens (including phenoxy) is 1. The molecule has 0 aliphatic carbocycles. The van der Waals surface area contributed by atoms with Crippen LogP contribution in [0.2, 0.25) is 0 Å². The number of nitrogens with one attached hydrogen (secondary N) is 2. The second-order valence-corrected chi connectivity index (χ2v) is 13.4. The summed E-state index contributed by atoms with van der Waals surface area (Å²) in [5.74, 6) is 0.554. The highest BCUT2D eigenvalue weighted by molar-refractivity contribution is 7.92. The van der Waals surface area contributed by atoms with Gasteiger partial charge in [-0.1, -0.05) is 39.0 Å². The molecule has 1 heterocycles. The van der Waals surface area contributed by atoms with Crippen LogP contribution in [0, 0.1) is 0 Å². The molecule has 0 fully saturated rings. The van der Waals surface area contributed by atoms with Gasteiger partial charge in [-0.15, -0.1) is 0 Å². The summed E-state index contributed by atoms with van der Waals surface area (Å²) in [5.41, 5.74) is 0.473. The van der Waals surface area contributed by atoms with Crippen molar-refractivity contribution in [2.45, 2.75) is 52.5 Å². The molecule has 11 nitrogen and oxygen atoms in total. The number of rotatable bonds is 7. The number of anilines is 2. The molecule has 0 spiro atoms. The minimum Gasteiger partial charge on any atom is -0.496 e. The van der Waals surface area contributed by atoms with Crippen LogP contribution in [-0.4, -0.2) is 48.1 Å². The fourth-order valence-electron chi connectivity index (χ4n) is 4.39. The molecule has 41 heavy (non-hydrogen) atoms. The van der Waals surface area contributed by atoms with Gasteiger partial charge in [0, 0.05) is 28.9 Å². The molecule has 2 aromatic carbocycles. The van der Waals surface area contributed by atoms with E-state index in [1.54, 1.807) is 51.1 Å². The molecule has 0 radical (unpaired) electrons. The monoisotopic (exact) mass is 584 g/mol. The molecule has 0 saturated carbocycles. The summed E-state index contributed by atoms with van der Waals surface area (Å²) in [7, 11) is -2.07. The van der Waals surface area contributed by atoms with Crippen molar-refractivity contribution in [2.75, 3.05) is 23.0 Å². The molecule has 12 heteroatoms. The van der Waals surface area contributed by atoms with Gasteiger partial charge in [0.15, 0.2) is 0 Å². The van der Waals surface area contributed by atoms with Gasteiger partial charge in [-0.2, -0.15) is 0 Å². The predicted octanol–water partition coefficient (Wildman–Crippen LogP) is 4.66. The highest BCUT2D eigenvalue weighted by Crippen LogP contribution is 2.38. The smallest absolute Gasteiger partial charge is 0.412 e. The lowest BCUT2D eigenvalue weighted by molar-refractivity contribution is 0.195.